The van der Waals surface area contributed by atoms with Gasteiger partial charge in [-0.25, -0.2) is 8.42 Å². The smallest absolute Gasteiger partial charge is 0.243 e. The molecule has 132 valence electrons. The number of rotatable bonds is 5. The van der Waals surface area contributed by atoms with Crippen LogP contribution in [0.25, 0.3) is 0 Å². The number of piperidine rings is 1. The number of hydrogen-bond donors (Lipinski definition) is 1. The number of sulfonamides is 1. The van der Waals surface area contributed by atoms with Crippen molar-refractivity contribution in [3.05, 3.63) is 30.3 Å². The molecule has 2 fully saturated rings. The second-order valence-corrected chi connectivity index (χ2v) is 8.72. The summed E-state index contributed by atoms with van der Waals surface area (Å²) in [6, 6.07) is 8.57. The monoisotopic (exact) mass is 350 g/mol. The Kier molecular flexibility index (Phi) is 5.56. The maximum atomic E-state index is 12.9. The number of benzene rings is 1. The summed E-state index contributed by atoms with van der Waals surface area (Å²) in [7, 11) is -3.53. The van der Waals surface area contributed by atoms with Gasteiger partial charge in [-0.3, -0.25) is 4.79 Å². The van der Waals surface area contributed by atoms with Crippen LogP contribution in [-0.2, 0) is 14.8 Å². The van der Waals surface area contributed by atoms with Crippen molar-refractivity contribution in [2.24, 2.45) is 0 Å². The van der Waals surface area contributed by atoms with Gasteiger partial charge < -0.3 is 5.32 Å². The van der Waals surface area contributed by atoms with E-state index < -0.39 is 10.0 Å². The average molecular weight is 350 g/mol. The minimum atomic E-state index is -3.53. The Morgan fingerprint density at radius 3 is 2.42 bits per heavy atom. The molecule has 3 rings (SSSR count). The zero-order valence-corrected chi connectivity index (χ0v) is 14.8. The Balaban J connectivity index is 1.70. The Labute approximate surface area is 144 Å². The van der Waals surface area contributed by atoms with Gasteiger partial charge in [-0.1, -0.05) is 37.5 Å². The second kappa shape index (κ2) is 7.66. The van der Waals surface area contributed by atoms with Crippen molar-refractivity contribution in [3.63, 3.8) is 0 Å². The lowest BCUT2D eigenvalue weighted by molar-refractivity contribution is -0.122. The molecule has 0 radical (unpaired) electrons. The van der Waals surface area contributed by atoms with Gasteiger partial charge in [0.15, 0.2) is 0 Å². The lowest BCUT2D eigenvalue weighted by Crippen LogP contribution is -2.46. The Morgan fingerprint density at radius 1 is 1.04 bits per heavy atom. The molecule has 5 nitrogen and oxygen atoms in total. The Morgan fingerprint density at radius 2 is 1.71 bits per heavy atom. The van der Waals surface area contributed by atoms with Gasteiger partial charge in [-0.05, 0) is 37.8 Å². The predicted octanol–water partition coefficient (Wildman–Crippen LogP) is 2.68. The number of hydrogen-bond acceptors (Lipinski definition) is 3. The van der Waals surface area contributed by atoms with Gasteiger partial charge in [-0.2, -0.15) is 4.31 Å². The number of nitrogens with zero attached hydrogens (tertiary/aromatic N) is 1. The lowest BCUT2D eigenvalue weighted by atomic mass is 10.0. The average Bonchev–Trinajstić information content (AvgIpc) is 3.09. The summed E-state index contributed by atoms with van der Waals surface area (Å²) in [5.41, 5.74) is 0. The van der Waals surface area contributed by atoms with E-state index in [9.17, 15) is 13.2 Å². The van der Waals surface area contributed by atoms with Crippen LogP contribution in [0.2, 0.25) is 0 Å². The number of nitrogens with one attached hydrogen (secondary N) is 1. The number of carbonyl (C=O) groups is 1. The van der Waals surface area contributed by atoms with Gasteiger partial charge in [-0.15, -0.1) is 0 Å². The molecule has 2 aliphatic rings. The molecule has 1 saturated heterocycles. The highest BCUT2D eigenvalue weighted by Gasteiger charge is 2.34. The van der Waals surface area contributed by atoms with E-state index >= 15 is 0 Å². The van der Waals surface area contributed by atoms with E-state index in [1.54, 1.807) is 28.6 Å². The molecule has 1 aliphatic carbocycles. The second-order valence-electron chi connectivity index (χ2n) is 6.83. The molecule has 1 aromatic carbocycles. The molecule has 24 heavy (non-hydrogen) atoms. The van der Waals surface area contributed by atoms with Gasteiger partial charge in [0.2, 0.25) is 15.9 Å². The molecule has 1 N–H and O–H groups in total. The van der Waals surface area contributed by atoms with E-state index in [-0.39, 0.29) is 24.4 Å². The summed E-state index contributed by atoms with van der Waals surface area (Å²) in [5.74, 6) is -0.0120. The quantitative estimate of drug-likeness (QED) is 0.888. The first-order valence-electron chi connectivity index (χ1n) is 8.93. The zero-order chi connectivity index (χ0) is 17.0. The zero-order valence-electron chi connectivity index (χ0n) is 14.0. The fourth-order valence-electron chi connectivity index (χ4n) is 3.79. The van der Waals surface area contributed by atoms with Crippen molar-refractivity contribution < 1.29 is 13.2 Å². The fourth-order valence-corrected chi connectivity index (χ4v) is 5.51. The van der Waals surface area contributed by atoms with E-state index in [0.717, 1.165) is 32.1 Å². The summed E-state index contributed by atoms with van der Waals surface area (Å²) in [6.45, 7) is 0.499. The maximum Gasteiger partial charge on any atom is 0.243 e. The van der Waals surface area contributed by atoms with E-state index in [1.807, 2.05) is 6.07 Å². The van der Waals surface area contributed by atoms with Crippen LogP contribution in [0.5, 0.6) is 0 Å². The van der Waals surface area contributed by atoms with Crippen LogP contribution in [0.3, 0.4) is 0 Å². The van der Waals surface area contributed by atoms with E-state index in [0.29, 0.717) is 11.4 Å². The third-order valence-electron chi connectivity index (χ3n) is 5.06. The summed E-state index contributed by atoms with van der Waals surface area (Å²) in [6.07, 6.45) is 7.28. The van der Waals surface area contributed by atoms with Gasteiger partial charge in [0.05, 0.1) is 4.90 Å². The van der Waals surface area contributed by atoms with Gasteiger partial charge in [0, 0.05) is 25.0 Å². The fraction of sp³-hybridized carbons (Fsp3) is 0.611. The van der Waals surface area contributed by atoms with Crippen LogP contribution >= 0.6 is 0 Å². The first-order valence-corrected chi connectivity index (χ1v) is 10.4. The highest BCUT2D eigenvalue weighted by molar-refractivity contribution is 7.89. The van der Waals surface area contributed by atoms with Crippen molar-refractivity contribution in [1.29, 1.82) is 0 Å². The summed E-state index contributed by atoms with van der Waals surface area (Å²) >= 11 is 0. The van der Waals surface area contributed by atoms with Crippen molar-refractivity contribution in [3.8, 4) is 0 Å². The molecule has 1 heterocycles. The summed E-state index contributed by atoms with van der Waals surface area (Å²) < 4.78 is 27.4. The summed E-state index contributed by atoms with van der Waals surface area (Å²) in [5, 5.41) is 3.08. The first kappa shape index (κ1) is 17.4. The van der Waals surface area contributed by atoms with Crippen LogP contribution in [0.15, 0.2) is 35.2 Å². The standard InChI is InChI=1S/C18H26N2O3S/c21-18(19-15-8-4-5-9-15)14-16-10-6-7-13-20(16)24(22,23)17-11-2-1-3-12-17/h1-3,11-12,15-16H,4-10,13-14H2,(H,19,21). The van der Waals surface area contributed by atoms with Crippen molar-refractivity contribution in [2.75, 3.05) is 6.54 Å². The van der Waals surface area contributed by atoms with Gasteiger partial charge in [0.25, 0.3) is 0 Å². The third-order valence-corrected chi connectivity index (χ3v) is 7.03. The molecular weight excluding hydrogens is 324 g/mol. The van der Waals surface area contributed by atoms with Crippen LogP contribution < -0.4 is 5.32 Å². The van der Waals surface area contributed by atoms with Crippen LogP contribution in [0, 0.1) is 0 Å². The third kappa shape index (κ3) is 3.98. The first-order chi connectivity index (χ1) is 11.6. The molecule has 0 aromatic heterocycles. The van der Waals surface area contributed by atoms with E-state index in [2.05, 4.69) is 5.32 Å². The van der Waals surface area contributed by atoms with Crippen molar-refractivity contribution >= 4 is 15.9 Å². The Bertz CT molecular complexity index is 654. The molecule has 1 aromatic rings. The lowest BCUT2D eigenvalue weighted by Gasteiger charge is -2.34. The molecule has 1 saturated carbocycles. The molecule has 1 atom stereocenters. The van der Waals surface area contributed by atoms with E-state index in [4.69, 9.17) is 0 Å². The minimum absolute atomic E-state index is 0.0120. The SMILES string of the molecule is O=C(CC1CCCCN1S(=O)(=O)c1ccccc1)NC1CCCC1. The number of amides is 1. The topological polar surface area (TPSA) is 66.5 Å². The van der Waals surface area contributed by atoms with Crippen LogP contribution in [0.1, 0.15) is 51.4 Å². The van der Waals surface area contributed by atoms with Crippen molar-refractivity contribution in [1.82, 2.24) is 9.62 Å². The summed E-state index contributed by atoms with van der Waals surface area (Å²) in [4.78, 5) is 12.7. The maximum absolute atomic E-state index is 12.9. The van der Waals surface area contributed by atoms with Crippen LogP contribution in [-0.4, -0.2) is 37.3 Å². The molecule has 0 bridgehead atoms. The number of carbonyl (C=O) groups excluding carboxylic acids is 1. The molecule has 1 amide bonds. The molecular formula is C18H26N2O3S. The molecule has 1 unspecified atom stereocenters. The Hall–Kier alpha value is -1.40. The molecule has 1 aliphatic heterocycles. The predicted molar refractivity (Wildman–Crippen MR) is 93.0 cm³/mol. The van der Waals surface area contributed by atoms with E-state index in [1.165, 1.54) is 12.8 Å². The highest BCUT2D eigenvalue weighted by Crippen LogP contribution is 2.27. The highest BCUT2D eigenvalue weighted by atomic mass is 32.2. The normalized spacial score (nSPS) is 23.2. The van der Waals surface area contributed by atoms with Crippen molar-refractivity contribution in [2.45, 2.75) is 68.3 Å². The molecule has 0 spiro atoms. The van der Waals surface area contributed by atoms with Gasteiger partial charge in [0.1, 0.15) is 0 Å². The van der Waals surface area contributed by atoms with Gasteiger partial charge >= 0.3 is 0 Å². The molecule has 6 heteroatoms. The minimum Gasteiger partial charge on any atom is -0.353 e. The largest absolute Gasteiger partial charge is 0.353 e. The van der Waals surface area contributed by atoms with Crippen LogP contribution in [0.4, 0.5) is 0 Å².